The third kappa shape index (κ3) is 2.34. The molecule has 6 nitrogen and oxygen atoms in total. The predicted molar refractivity (Wildman–Crippen MR) is 76.4 cm³/mol. The number of carbonyl (C=O) groups excluding carboxylic acids is 1. The van der Waals surface area contributed by atoms with Crippen molar-refractivity contribution in [2.24, 2.45) is 0 Å². The third-order valence-corrected chi connectivity index (χ3v) is 3.42. The molecule has 1 aliphatic rings. The number of H-pyrrole nitrogens is 1. The number of hydrogen-bond donors (Lipinski definition) is 2. The maximum atomic E-state index is 12.5. The van der Waals surface area contributed by atoms with Crippen LogP contribution in [0, 0.1) is 0 Å². The quantitative estimate of drug-likeness (QED) is 0.892. The van der Waals surface area contributed by atoms with Crippen LogP contribution in [-0.4, -0.2) is 35.1 Å². The molecule has 21 heavy (non-hydrogen) atoms. The molecule has 0 saturated carbocycles. The second-order valence-corrected chi connectivity index (χ2v) is 4.93. The Morgan fingerprint density at radius 3 is 2.86 bits per heavy atom. The summed E-state index contributed by atoms with van der Waals surface area (Å²) in [4.78, 5) is 28.0. The van der Waals surface area contributed by atoms with E-state index in [-0.39, 0.29) is 23.8 Å². The van der Waals surface area contributed by atoms with Gasteiger partial charge in [-0.25, -0.2) is 4.79 Å². The number of carboxylic acids is 1. The molecule has 1 aromatic carbocycles. The number of nitrogens with zero attached hydrogens (tertiary/aromatic N) is 1. The van der Waals surface area contributed by atoms with Crippen LogP contribution in [0.2, 0.25) is 5.02 Å². The average Bonchev–Trinajstić information content (AvgIpc) is 2.91. The summed E-state index contributed by atoms with van der Waals surface area (Å²) in [6.45, 7) is 0.572. The van der Waals surface area contributed by atoms with Gasteiger partial charge in [0.1, 0.15) is 17.9 Å². The van der Waals surface area contributed by atoms with Gasteiger partial charge in [0, 0.05) is 6.20 Å². The smallest absolute Gasteiger partial charge is 0.339 e. The van der Waals surface area contributed by atoms with Gasteiger partial charge in [-0.05, 0) is 18.2 Å². The first-order chi connectivity index (χ1) is 10.1. The predicted octanol–water partition coefficient (Wildman–Crippen LogP) is 2.41. The molecule has 0 saturated heterocycles. The molecule has 0 spiro atoms. The summed E-state index contributed by atoms with van der Waals surface area (Å²) >= 11 is 5.81. The van der Waals surface area contributed by atoms with Crippen molar-refractivity contribution in [1.82, 2.24) is 4.98 Å². The summed E-state index contributed by atoms with van der Waals surface area (Å²) in [5, 5.41) is 9.62. The topological polar surface area (TPSA) is 82.6 Å². The maximum absolute atomic E-state index is 12.5. The highest BCUT2D eigenvalue weighted by Gasteiger charge is 2.28. The van der Waals surface area contributed by atoms with Crippen LogP contribution in [0.3, 0.4) is 0 Å². The maximum Gasteiger partial charge on any atom is 0.339 e. The molecule has 2 aromatic rings. The molecule has 1 aromatic heterocycles. The Bertz CT molecular complexity index is 726. The zero-order valence-electron chi connectivity index (χ0n) is 10.8. The summed E-state index contributed by atoms with van der Waals surface area (Å²) in [5.74, 6) is -1.17. The SMILES string of the molecule is O=C(O)c1cccc2c1OCCN2C(=O)c1cc(Cl)c[nH]1. The molecule has 7 heteroatoms. The molecule has 3 rings (SSSR count). The fourth-order valence-corrected chi connectivity index (χ4v) is 2.43. The van der Waals surface area contributed by atoms with Crippen molar-refractivity contribution in [3.8, 4) is 5.75 Å². The minimum Gasteiger partial charge on any atom is -0.489 e. The average molecular weight is 307 g/mol. The monoisotopic (exact) mass is 306 g/mol. The van der Waals surface area contributed by atoms with Crippen molar-refractivity contribution >= 4 is 29.2 Å². The molecule has 0 unspecified atom stereocenters. The summed E-state index contributed by atoms with van der Waals surface area (Å²) in [6, 6.07) is 6.21. The van der Waals surface area contributed by atoms with Gasteiger partial charge in [-0.15, -0.1) is 0 Å². The van der Waals surface area contributed by atoms with Crippen LogP contribution in [0.1, 0.15) is 20.8 Å². The normalized spacial score (nSPS) is 13.5. The van der Waals surface area contributed by atoms with Crippen LogP contribution in [0.5, 0.6) is 5.75 Å². The first-order valence-corrected chi connectivity index (χ1v) is 6.60. The van der Waals surface area contributed by atoms with E-state index < -0.39 is 5.97 Å². The standard InChI is InChI=1S/C14H11ClN2O4/c15-8-6-10(16-7-8)13(18)17-4-5-21-12-9(14(19)20)2-1-3-11(12)17/h1-3,6-7,16H,4-5H2,(H,19,20). The van der Waals surface area contributed by atoms with Gasteiger partial charge in [0.15, 0.2) is 5.75 Å². The lowest BCUT2D eigenvalue weighted by molar-refractivity contribution is 0.0690. The van der Waals surface area contributed by atoms with E-state index in [2.05, 4.69) is 4.98 Å². The lowest BCUT2D eigenvalue weighted by Gasteiger charge is -2.30. The summed E-state index contributed by atoms with van der Waals surface area (Å²) < 4.78 is 5.43. The highest BCUT2D eigenvalue weighted by atomic mass is 35.5. The minimum atomic E-state index is -1.09. The fraction of sp³-hybridized carbons (Fsp3) is 0.143. The Labute approximate surface area is 124 Å². The molecular weight excluding hydrogens is 296 g/mol. The summed E-state index contributed by atoms with van der Waals surface area (Å²) in [5.41, 5.74) is 0.819. The number of nitrogens with one attached hydrogen (secondary N) is 1. The lowest BCUT2D eigenvalue weighted by Crippen LogP contribution is -2.38. The van der Waals surface area contributed by atoms with Crippen LogP contribution in [0.15, 0.2) is 30.5 Å². The number of amides is 1. The third-order valence-electron chi connectivity index (χ3n) is 3.20. The first-order valence-electron chi connectivity index (χ1n) is 6.23. The van der Waals surface area contributed by atoms with Gasteiger partial charge in [0.05, 0.1) is 17.3 Å². The number of anilines is 1. The van der Waals surface area contributed by atoms with Crippen molar-refractivity contribution in [2.45, 2.75) is 0 Å². The van der Waals surface area contributed by atoms with Crippen molar-refractivity contribution < 1.29 is 19.4 Å². The molecule has 0 fully saturated rings. The number of aromatic nitrogens is 1. The number of rotatable bonds is 2. The van der Waals surface area contributed by atoms with Gasteiger partial charge in [-0.1, -0.05) is 17.7 Å². The molecule has 1 aliphatic heterocycles. The number of para-hydroxylation sites is 1. The molecular formula is C14H11ClN2O4. The number of carboxylic acid groups (broad SMARTS) is 1. The van der Waals surface area contributed by atoms with Gasteiger partial charge >= 0.3 is 5.97 Å². The van der Waals surface area contributed by atoms with Gasteiger partial charge in [0.2, 0.25) is 0 Å². The second-order valence-electron chi connectivity index (χ2n) is 4.50. The van der Waals surface area contributed by atoms with Crippen LogP contribution in [0.4, 0.5) is 5.69 Å². The zero-order valence-corrected chi connectivity index (χ0v) is 11.6. The number of fused-ring (bicyclic) bond motifs is 1. The Morgan fingerprint density at radius 1 is 1.38 bits per heavy atom. The first kappa shape index (κ1) is 13.5. The number of aromatic amines is 1. The zero-order chi connectivity index (χ0) is 15.0. The van der Waals surface area contributed by atoms with E-state index in [9.17, 15) is 14.7 Å². The van der Waals surface area contributed by atoms with Crippen molar-refractivity contribution in [3.05, 3.63) is 46.7 Å². The molecule has 108 valence electrons. The van der Waals surface area contributed by atoms with E-state index in [1.807, 2.05) is 0 Å². The number of ether oxygens (including phenoxy) is 1. The number of halogens is 1. The molecule has 2 heterocycles. The summed E-state index contributed by atoms with van der Waals surface area (Å²) in [6.07, 6.45) is 1.52. The van der Waals surface area contributed by atoms with Gasteiger partial charge < -0.3 is 19.7 Å². The Morgan fingerprint density at radius 2 is 2.19 bits per heavy atom. The molecule has 0 bridgehead atoms. The largest absolute Gasteiger partial charge is 0.489 e. The van der Waals surface area contributed by atoms with E-state index in [4.69, 9.17) is 16.3 Å². The van der Waals surface area contributed by atoms with E-state index in [1.165, 1.54) is 23.2 Å². The minimum absolute atomic E-state index is 0.0366. The molecule has 0 radical (unpaired) electrons. The fourth-order valence-electron chi connectivity index (χ4n) is 2.26. The highest BCUT2D eigenvalue weighted by molar-refractivity contribution is 6.31. The number of carbonyl (C=O) groups is 2. The van der Waals surface area contributed by atoms with Gasteiger partial charge in [-0.2, -0.15) is 0 Å². The van der Waals surface area contributed by atoms with Crippen LogP contribution in [-0.2, 0) is 0 Å². The molecule has 0 atom stereocenters. The van der Waals surface area contributed by atoms with Crippen LogP contribution in [0.25, 0.3) is 0 Å². The summed E-state index contributed by atoms with van der Waals surface area (Å²) in [7, 11) is 0. The molecule has 2 N–H and O–H groups in total. The molecule has 0 aliphatic carbocycles. The van der Waals surface area contributed by atoms with Crippen molar-refractivity contribution in [2.75, 3.05) is 18.1 Å². The number of aromatic carboxylic acids is 1. The highest BCUT2D eigenvalue weighted by Crippen LogP contribution is 2.35. The Balaban J connectivity index is 2.03. The molecule has 1 amide bonds. The van der Waals surface area contributed by atoms with E-state index in [0.29, 0.717) is 22.9 Å². The van der Waals surface area contributed by atoms with Crippen LogP contribution < -0.4 is 9.64 Å². The van der Waals surface area contributed by atoms with Gasteiger partial charge in [-0.3, -0.25) is 4.79 Å². The number of hydrogen-bond acceptors (Lipinski definition) is 3. The van der Waals surface area contributed by atoms with Crippen LogP contribution >= 0.6 is 11.6 Å². The van der Waals surface area contributed by atoms with E-state index in [0.717, 1.165) is 0 Å². The van der Waals surface area contributed by atoms with Crippen molar-refractivity contribution in [1.29, 1.82) is 0 Å². The lowest BCUT2D eigenvalue weighted by atomic mass is 10.1. The van der Waals surface area contributed by atoms with E-state index in [1.54, 1.807) is 12.1 Å². The Kier molecular flexibility index (Phi) is 3.31. The number of benzene rings is 1. The van der Waals surface area contributed by atoms with Gasteiger partial charge in [0.25, 0.3) is 5.91 Å². The Hall–Kier alpha value is -2.47. The van der Waals surface area contributed by atoms with E-state index >= 15 is 0 Å². The van der Waals surface area contributed by atoms with Crippen molar-refractivity contribution in [3.63, 3.8) is 0 Å². The second kappa shape index (κ2) is 5.14.